The molecule has 0 atom stereocenters. The van der Waals surface area contributed by atoms with Crippen LogP contribution in [0.2, 0.25) is 0 Å². The highest BCUT2D eigenvalue weighted by atomic mass is 16.5. The lowest BCUT2D eigenvalue weighted by atomic mass is 10.1. The van der Waals surface area contributed by atoms with Crippen LogP contribution in [0.5, 0.6) is 0 Å². The third-order valence-corrected chi connectivity index (χ3v) is 3.41. The number of aromatic nitrogens is 1. The Morgan fingerprint density at radius 2 is 1.95 bits per heavy atom. The van der Waals surface area contributed by atoms with E-state index in [2.05, 4.69) is 15.5 Å². The molecule has 22 heavy (non-hydrogen) atoms. The van der Waals surface area contributed by atoms with Crippen LogP contribution in [0.1, 0.15) is 41.2 Å². The molecule has 1 aromatic heterocycles. The predicted octanol–water partition coefficient (Wildman–Crippen LogP) is 3.64. The van der Waals surface area contributed by atoms with Crippen LogP contribution in [0.25, 0.3) is 0 Å². The van der Waals surface area contributed by atoms with E-state index < -0.39 is 0 Å². The van der Waals surface area contributed by atoms with Crippen molar-refractivity contribution in [1.29, 1.82) is 0 Å². The molecule has 0 saturated carbocycles. The SMILES string of the molecule is CCOC(=O)c1[nH]c(C)c(/C(C)=N/Nc2ccccc2)c1C. The van der Waals surface area contributed by atoms with E-state index in [0.717, 1.165) is 28.2 Å². The van der Waals surface area contributed by atoms with E-state index in [-0.39, 0.29) is 5.97 Å². The van der Waals surface area contributed by atoms with Gasteiger partial charge in [0.25, 0.3) is 0 Å². The Kier molecular flexibility index (Phi) is 4.99. The summed E-state index contributed by atoms with van der Waals surface area (Å²) >= 11 is 0. The molecule has 0 unspecified atom stereocenters. The van der Waals surface area contributed by atoms with Gasteiger partial charge in [-0.3, -0.25) is 5.43 Å². The molecule has 1 aromatic carbocycles. The van der Waals surface area contributed by atoms with E-state index in [4.69, 9.17) is 4.74 Å². The normalized spacial score (nSPS) is 11.4. The average Bonchev–Trinajstić information content (AvgIpc) is 2.81. The van der Waals surface area contributed by atoms with Gasteiger partial charge in [-0.25, -0.2) is 4.79 Å². The van der Waals surface area contributed by atoms with Gasteiger partial charge < -0.3 is 9.72 Å². The van der Waals surface area contributed by atoms with E-state index >= 15 is 0 Å². The number of hydrazone groups is 1. The van der Waals surface area contributed by atoms with E-state index in [1.165, 1.54) is 0 Å². The van der Waals surface area contributed by atoms with Crippen molar-refractivity contribution in [3.8, 4) is 0 Å². The molecule has 0 amide bonds. The highest BCUT2D eigenvalue weighted by Gasteiger charge is 2.19. The Labute approximate surface area is 130 Å². The minimum absolute atomic E-state index is 0.335. The van der Waals surface area contributed by atoms with E-state index in [9.17, 15) is 4.79 Å². The molecule has 2 rings (SSSR count). The number of para-hydroxylation sites is 1. The topological polar surface area (TPSA) is 66.5 Å². The second kappa shape index (κ2) is 6.93. The molecule has 116 valence electrons. The lowest BCUT2D eigenvalue weighted by Crippen LogP contribution is -2.07. The number of hydrogen-bond donors (Lipinski definition) is 2. The molecule has 2 N–H and O–H groups in total. The number of H-pyrrole nitrogens is 1. The van der Waals surface area contributed by atoms with Crippen molar-refractivity contribution in [2.24, 2.45) is 5.10 Å². The lowest BCUT2D eigenvalue weighted by Gasteiger charge is -2.05. The predicted molar refractivity (Wildman–Crippen MR) is 88.5 cm³/mol. The summed E-state index contributed by atoms with van der Waals surface area (Å²) in [6, 6.07) is 9.72. The van der Waals surface area contributed by atoms with Gasteiger partial charge in [0, 0.05) is 11.3 Å². The zero-order chi connectivity index (χ0) is 16.1. The van der Waals surface area contributed by atoms with Crippen molar-refractivity contribution in [1.82, 2.24) is 4.98 Å². The molecule has 0 spiro atoms. The third kappa shape index (κ3) is 3.36. The Bertz CT molecular complexity index is 687. The number of esters is 1. The van der Waals surface area contributed by atoms with Crippen LogP contribution in [0.4, 0.5) is 5.69 Å². The first-order valence-corrected chi connectivity index (χ1v) is 7.26. The number of hydrogen-bond acceptors (Lipinski definition) is 4. The molecular weight excluding hydrogens is 278 g/mol. The number of aromatic amines is 1. The van der Waals surface area contributed by atoms with Crippen molar-refractivity contribution in [3.05, 3.63) is 52.8 Å². The first kappa shape index (κ1) is 15.8. The quantitative estimate of drug-likeness (QED) is 0.503. The van der Waals surface area contributed by atoms with Crippen molar-refractivity contribution in [2.75, 3.05) is 12.0 Å². The van der Waals surface area contributed by atoms with E-state index in [1.807, 2.05) is 51.1 Å². The Hall–Kier alpha value is -2.56. The van der Waals surface area contributed by atoms with Crippen LogP contribution in [-0.4, -0.2) is 23.3 Å². The summed E-state index contributed by atoms with van der Waals surface area (Å²) in [5.74, 6) is -0.335. The lowest BCUT2D eigenvalue weighted by molar-refractivity contribution is 0.0519. The molecule has 0 bridgehead atoms. The minimum Gasteiger partial charge on any atom is -0.461 e. The molecular formula is C17H21N3O2. The number of benzene rings is 1. The molecule has 5 heteroatoms. The van der Waals surface area contributed by atoms with Gasteiger partial charge in [0.1, 0.15) is 5.69 Å². The van der Waals surface area contributed by atoms with Gasteiger partial charge in [-0.05, 0) is 45.4 Å². The second-order valence-corrected chi connectivity index (χ2v) is 5.02. The maximum atomic E-state index is 11.9. The fourth-order valence-electron chi connectivity index (χ4n) is 2.42. The van der Waals surface area contributed by atoms with E-state index in [0.29, 0.717) is 12.3 Å². The highest BCUT2D eigenvalue weighted by Crippen LogP contribution is 2.20. The summed E-state index contributed by atoms with van der Waals surface area (Å²) in [6.07, 6.45) is 0. The van der Waals surface area contributed by atoms with Crippen molar-refractivity contribution >= 4 is 17.4 Å². The molecule has 0 aliphatic rings. The first-order valence-electron chi connectivity index (χ1n) is 7.26. The summed E-state index contributed by atoms with van der Waals surface area (Å²) in [6.45, 7) is 7.88. The Morgan fingerprint density at radius 1 is 1.27 bits per heavy atom. The number of carbonyl (C=O) groups is 1. The fourth-order valence-corrected chi connectivity index (χ4v) is 2.42. The molecule has 5 nitrogen and oxygen atoms in total. The second-order valence-electron chi connectivity index (χ2n) is 5.02. The van der Waals surface area contributed by atoms with Gasteiger partial charge in [0.05, 0.1) is 18.0 Å². The van der Waals surface area contributed by atoms with Crippen LogP contribution in [-0.2, 0) is 4.74 Å². The molecule has 0 aliphatic heterocycles. The van der Waals surface area contributed by atoms with Crippen molar-refractivity contribution in [3.63, 3.8) is 0 Å². The van der Waals surface area contributed by atoms with Crippen LogP contribution in [0.3, 0.4) is 0 Å². The standard InChI is InChI=1S/C17H21N3O2/c1-5-22-17(21)16-11(2)15(12(3)18-16)13(4)19-20-14-9-7-6-8-10-14/h6-10,18,20H,5H2,1-4H3/b19-13+. The maximum Gasteiger partial charge on any atom is 0.355 e. The number of carbonyl (C=O) groups excluding carboxylic acids is 1. The highest BCUT2D eigenvalue weighted by molar-refractivity contribution is 6.04. The molecule has 1 heterocycles. The third-order valence-electron chi connectivity index (χ3n) is 3.41. The van der Waals surface area contributed by atoms with Gasteiger partial charge in [-0.2, -0.15) is 5.10 Å². The summed E-state index contributed by atoms with van der Waals surface area (Å²) in [7, 11) is 0. The molecule has 0 aliphatic carbocycles. The number of anilines is 1. The van der Waals surface area contributed by atoms with Crippen LogP contribution >= 0.6 is 0 Å². The van der Waals surface area contributed by atoms with Crippen LogP contribution < -0.4 is 5.43 Å². The molecule has 2 aromatic rings. The smallest absolute Gasteiger partial charge is 0.355 e. The number of nitrogens with one attached hydrogen (secondary N) is 2. The fraction of sp³-hybridized carbons (Fsp3) is 0.294. The number of ether oxygens (including phenoxy) is 1. The summed E-state index contributed by atoms with van der Waals surface area (Å²) in [5, 5.41) is 4.40. The van der Waals surface area contributed by atoms with Gasteiger partial charge in [0.15, 0.2) is 0 Å². The first-order chi connectivity index (χ1) is 10.5. The number of aryl methyl sites for hydroxylation is 1. The van der Waals surface area contributed by atoms with Crippen molar-refractivity contribution < 1.29 is 9.53 Å². The Balaban J connectivity index is 2.26. The molecule has 0 saturated heterocycles. The summed E-state index contributed by atoms with van der Waals surface area (Å²) < 4.78 is 5.06. The zero-order valence-electron chi connectivity index (χ0n) is 13.4. The monoisotopic (exact) mass is 299 g/mol. The summed E-state index contributed by atoms with van der Waals surface area (Å²) in [4.78, 5) is 15.0. The van der Waals surface area contributed by atoms with Crippen LogP contribution in [0.15, 0.2) is 35.4 Å². The minimum atomic E-state index is -0.335. The van der Waals surface area contributed by atoms with E-state index in [1.54, 1.807) is 6.92 Å². The number of nitrogens with zero attached hydrogens (tertiary/aromatic N) is 1. The molecule has 0 radical (unpaired) electrons. The number of rotatable bonds is 5. The van der Waals surface area contributed by atoms with Gasteiger partial charge >= 0.3 is 5.97 Å². The van der Waals surface area contributed by atoms with Crippen molar-refractivity contribution in [2.45, 2.75) is 27.7 Å². The Morgan fingerprint density at radius 3 is 2.59 bits per heavy atom. The maximum absolute atomic E-state index is 11.9. The largest absolute Gasteiger partial charge is 0.461 e. The molecule has 0 fully saturated rings. The van der Waals surface area contributed by atoms with Gasteiger partial charge in [0.2, 0.25) is 0 Å². The van der Waals surface area contributed by atoms with Crippen LogP contribution in [0, 0.1) is 13.8 Å². The summed E-state index contributed by atoms with van der Waals surface area (Å²) in [5.41, 5.74) is 7.92. The van der Waals surface area contributed by atoms with Gasteiger partial charge in [-0.15, -0.1) is 0 Å². The zero-order valence-corrected chi connectivity index (χ0v) is 13.4. The van der Waals surface area contributed by atoms with Gasteiger partial charge in [-0.1, -0.05) is 18.2 Å². The average molecular weight is 299 g/mol.